The van der Waals surface area contributed by atoms with E-state index in [2.05, 4.69) is 10.3 Å². The number of ether oxygens (including phenoxy) is 1. The number of nitrogens with zero attached hydrogens (tertiary/aromatic N) is 4. The first-order valence-electron chi connectivity index (χ1n) is 13.6. The van der Waals surface area contributed by atoms with Crippen LogP contribution in [0.3, 0.4) is 0 Å². The smallest absolute Gasteiger partial charge is 0.487 e. The average Bonchev–Trinajstić information content (AvgIpc) is 3.78. The van der Waals surface area contributed by atoms with Crippen molar-refractivity contribution in [3.05, 3.63) is 41.2 Å². The van der Waals surface area contributed by atoms with Crippen molar-refractivity contribution >= 4 is 23.5 Å². The molecule has 43 heavy (non-hydrogen) atoms. The van der Waals surface area contributed by atoms with Gasteiger partial charge in [-0.2, -0.15) is 13.2 Å². The molecule has 0 radical (unpaired) electrons. The van der Waals surface area contributed by atoms with E-state index in [0.717, 1.165) is 25.0 Å². The van der Waals surface area contributed by atoms with Gasteiger partial charge in [0.25, 0.3) is 6.43 Å². The molecule has 1 aromatic carbocycles. The fourth-order valence-electron chi connectivity index (χ4n) is 4.80. The summed E-state index contributed by atoms with van der Waals surface area (Å²) in [5.41, 5.74) is 1.40. The maximum Gasteiger partial charge on any atom is 0.490 e. The molecule has 2 N–H and O–H groups in total. The largest absolute Gasteiger partial charge is 0.490 e. The second kappa shape index (κ2) is 13.2. The quantitative estimate of drug-likeness (QED) is 0.425. The Morgan fingerprint density at radius 1 is 1.09 bits per heavy atom. The first-order valence-corrected chi connectivity index (χ1v) is 13.6. The lowest BCUT2D eigenvalue weighted by atomic mass is 10.0. The van der Waals surface area contributed by atoms with Crippen LogP contribution < -0.4 is 15.0 Å². The molecular weight excluding hydrogens is 591 g/mol. The number of carboxylic acids is 1. The molecule has 1 aromatic heterocycles. The molecular formula is C27H30F7N5O4. The third-order valence-electron chi connectivity index (χ3n) is 7.18. The van der Waals surface area contributed by atoms with E-state index in [1.807, 2.05) is 16.7 Å². The number of halogens is 7. The van der Waals surface area contributed by atoms with Crippen LogP contribution in [0.15, 0.2) is 18.2 Å². The number of carboxylic acid groups (broad SMARTS) is 1. The van der Waals surface area contributed by atoms with E-state index < -0.39 is 36.8 Å². The third kappa shape index (κ3) is 8.38. The molecule has 3 aliphatic rings. The van der Waals surface area contributed by atoms with Gasteiger partial charge in [0, 0.05) is 50.4 Å². The SMILES string of the molecule is CC1Cc2nc(NCC(F)F)c(N3CCC(Oc4ccc(F)cc4F)CC3)nc2CN1C(=O)C1CC1.O=C(O)C(F)(F)F. The maximum atomic E-state index is 14.0. The van der Waals surface area contributed by atoms with Crippen LogP contribution in [0.25, 0.3) is 0 Å². The van der Waals surface area contributed by atoms with Crippen LogP contribution >= 0.6 is 0 Å². The fraction of sp³-hybridized carbons (Fsp3) is 0.556. The summed E-state index contributed by atoms with van der Waals surface area (Å²) in [5.74, 6) is -3.18. The number of aromatic nitrogens is 2. The summed E-state index contributed by atoms with van der Waals surface area (Å²) in [5, 5.41) is 9.86. The van der Waals surface area contributed by atoms with E-state index in [-0.39, 0.29) is 29.7 Å². The molecule has 3 heterocycles. The summed E-state index contributed by atoms with van der Waals surface area (Å²) in [7, 11) is 0. The Hall–Kier alpha value is -3.85. The van der Waals surface area contributed by atoms with Gasteiger partial charge in [0.15, 0.2) is 23.2 Å². The molecule has 1 saturated heterocycles. The van der Waals surface area contributed by atoms with Crippen molar-refractivity contribution in [3.8, 4) is 5.75 Å². The highest BCUT2D eigenvalue weighted by Crippen LogP contribution is 2.36. The molecule has 1 unspecified atom stereocenters. The van der Waals surface area contributed by atoms with Crippen LogP contribution in [0.1, 0.15) is 44.0 Å². The van der Waals surface area contributed by atoms with Crippen LogP contribution in [-0.4, -0.2) is 76.2 Å². The summed E-state index contributed by atoms with van der Waals surface area (Å²) >= 11 is 0. The van der Waals surface area contributed by atoms with Crippen LogP contribution in [-0.2, 0) is 22.6 Å². The second-order valence-electron chi connectivity index (χ2n) is 10.5. The Morgan fingerprint density at radius 2 is 1.74 bits per heavy atom. The zero-order valence-corrected chi connectivity index (χ0v) is 23.0. The van der Waals surface area contributed by atoms with Gasteiger partial charge in [-0.1, -0.05) is 0 Å². The molecule has 0 bridgehead atoms. The predicted molar refractivity (Wildman–Crippen MR) is 139 cm³/mol. The topological polar surface area (TPSA) is 108 Å². The number of anilines is 2. The van der Waals surface area contributed by atoms with E-state index in [1.54, 1.807) is 0 Å². The molecule has 1 saturated carbocycles. The summed E-state index contributed by atoms with van der Waals surface area (Å²) in [6.45, 7) is 2.76. The second-order valence-corrected chi connectivity index (χ2v) is 10.5. The Labute approximate surface area is 242 Å². The van der Waals surface area contributed by atoms with Gasteiger partial charge in [0.1, 0.15) is 11.9 Å². The number of aliphatic carboxylic acids is 1. The minimum Gasteiger partial charge on any atom is -0.487 e. The lowest BCUT2D eigenvalue weighted by Crippen LogP contribution is -2.45. The van der Waals surface area contributed by atoms with E-state index in [1.165, 1.54) is 6.07 Å². The van der Waals surface area contributed by atoms with Crippen LogP contribution in [0.2, 0.25) is 0 Å². The van der Waals surface area contributed by atoms with Crippen molar-refractivity contribution in [2.45, 2.75) is 70.3 Å². The molecule has 2 fully saturated rings. The number of fused-ring (bicyclic) bond motifs is 1. The van der Waals surface area contributed by atoms with Crippen molar-refractivity contribution in [3.63, 3.8) is 0 Å². The predicted octanol–water partition coefficient (Wildman–Crippen LogP) is 4.80. The summed E-state index contributed by atoms with van der Waals surface area (Å²) in [6, 6.07) is 3.17. The van der Waals surface area contributed by atoms with Crippen LogP contribution in [0.4, 0.5) is 42.4 Å². The maximum absolute atomic E-state index is 14.0. The summed E-state index contributed by atoms with van der Waals surface area (Å²) in [4.78, 5) is 34.9. The number of piperidine rings is 1. The number of rotatable bonds is 7. The number of amides is 1. The number of hydrogen-bond donors (Lipinski definition) is 2. The molecule has 0 spiro atoms. The normalized spacial score (nSPS) is 19.0. The molecule has 1 aliphatic carbocycles. The Morgan fingerprint density at radius 3 is 2.30 bits per heavy atom. The van der Waals surface area contributed by atoms with Crippen molar-refractivity contribution in [1.29, 1.82) is 0 Å². The third-order valence-corrected chi connectivity index (χ3v) is 7.18. The number of nitrogens with one attached hydrogen (secondary N) is 1. The van der Waals surface area contributed by atoms with E-state index in [4.69, 9.17) is 19.6 Å². The van der Waals surface area contributed by atoms with Crippen molar-refractivity contribution in [2.24, 2.45) is 5.92 Å². The van der Waals surface area contributed by atoms with Crippen LogP contribution in [0.5, 0.6) is 5.75 Å². The van der Waals surface area contributed by atoms with Gasteiger partial charge in [-0.05, 0) is 31.9 Å². The number of carbonyl (C=O) groups is 2. The lowest BCUT2D eigenvalue weighted by Gasteiger charge is -2.37. The van der Waals surface area contributed by atoms with E-state index >= 15 is 0 Å². The molecule has 1 atom stereocenters. The molecule has 5 rings (SSSR count). The fourth-order valence-corrected chi connectivity index (χ4v) is 4.80. The average molecular weight is 622 g/mol. The number of carbonyl (C=O) groups excluding carboxylic acids is 1. The lowest BCUT2D eigenvalue weighted by molar-refractivity contribution is -0.192. The van der Waals surface area contributed by atoms with Gasteiger partial charge >= 0.3 is 12.1 Å². The highest BCUT2D eigenvalue weighted by atomic mass is 19.4. The zero-order chi connectivity index (χ0) is 31.5. The number of hydrogen-bond acceptors (Lipinski definition) is 7. The monoisotopic (exact) mass is 621 g/mol. The molecule has 16 heteroatoms. The standard InChI is InChI=1S/C25H29F4N5O2.C2HF3O2/c1-14-10-19-20(13-34(14)25(35)15-2-3-15)32-24(23(31-19)30-12-22(28)29)33-8-6-17(7-9-33)36-21-5-4-16(26)11-18(21)27;3-2(4,5)1(6)7/h4-5,11,14-15,17,22H,2-3,6-10,12-13H2,1H3,(H,30,31);(H,6,7). The van der Waals surface area contributed by atoms with E-state index in [9.17, 15) is 35.5 Å². The minimum atomic E-state index is -5.08. The molecule has 2 aromatic rings. The highest BCUT2D eigenvalue weighted by molar-refractivity contribution is 5.81. The van der Waals surface area contributed by atoms with Gasteiger partial charge in [-0.25, -0.2) is 32.3 Å². The molecule has 1 amide bonds. The number of alkyl halides is 5. The first kappa shape index (κ1) is 32.1. The molecule has 9 nitrogen and oxygen atoms in total. The van der Waals surface area contributed by atoms with Crippen LogP contribution in [0, 0.1) is 17.6 Å². The minimum absolute atomic E-state index is 0.00254. The van der Waals surface area contributed by atoms with Gasteiger partial charge in [-0.15, -0.1) is 0 Å². The molecule has 2 aliphatic heterocycles. The first-order chi connectivity index (χ1) is 20.2. The number of benzene rings is 1. The summed E-state index contributed by atoms with van der Waals surface area (Å²) in [6.07, 6.45) is -4.49. The van der Waals surface area contributed by atoms with Crippen molar-refractivity contribution < 1.29 is 50.2 Å². The molecule has 236 valence electrons. The van der Waals surface area contributed by atoms with Crippen molar-refractivity contribution in [2.75, 3.05) is 29.9 Å². The van der Waals surface area contributed by atoms with Gasteiger partial charge < -0.3 is 25.0 Å². The Bertz CT molecular complexity index is 1320. The summed E-state index contributed by atoms with van der Waals surface area (Å²) < 4.78 is 90.6. The highest BCUT2D eigenvalue weighted by Gasteiger charge is 2.39. The Balaban J connectivity index is 0.000000541. The zero-order valence-electron chi connectivity index (χ0n) is 23.0. The van der Waals surface area contributed by atoms with Gasteiger partial charge in [0.2, 0.25) is 5.91 Å². The van der Waals surface area contributed by atoms with Gasteiger partial charge in [0.05, 0.1) is 24.5 Å². The van der Waals surface area contributed by atoms with Gasteiger partial charge in [-0.3, -0.25) is 4.79 Å². The Kier molecular flexibility index (Phi) is 9.85. The van der Waals surface area contributed by atoms with E-state index in [0.29, 0.717) is 61.9 Å². The van der Waals surface area contributed by atoms with Crippen molar-refractivity contribution in [1.82, 2.24) is 14.9 Å².